The third kappa shape index (κ3) is 2.64. The van der Waals surface area contributed by atoms with E-state index in [1.165, 1.54) is 6.07 Å². The van der Waals surface area contributed by atoms with Gasteiger partial charge in [-0.1, -0.05) is 23.2 Å². The lowest BCUT2D eigenvalue weighted by atomic mass is 10.3. The molecule has 0 radical (unpaired) electrons. The van der Waals surface area contributed by atoms with Crippen molar-refractivity contribution in [3.05, 3.63) is 39.8 Å². The Morgan fingerprint density at radius 3 is 2.50 bits per heavy atom. The summed E-state index contributed by atoms with van der Waals surface area (Å²) in [6, 6.07) is 5.67. The van der Waals surface area contributed by atoms with Gasteiger partial charge in [-0.25, -0.2) is 4.39 Å². The largest absolute Gasteiger partial charge is 0.356 e. The molecule has 0 unspecified atom stereocenters. The third-order valence-corrected chi connectivity index (χ3v) is 2.45. The molecule has 1 N–H and O–H groups in total. The second-order valence-corrected chi connectivity index (χ2v) is 3.43. The van der Waals surface area contributed by atoms with Gasteiger partial charge < -0.3 is 5.32 Å². The van der Waals surface area contributed by atoms with Crippen molar-refractivity contribution in [3.8, 4) is 12.1 Å². The van der Waals surface area contributed by atoms with Gasteiger partial charge in [-0.15, -0.1) is 0 Å². The molecule has 0 atom stereocenters. The van der Waals surface area contributed by atoms with Crippen LogP contribution in [0.15, 0.2) is 23.9 Å². The molecule has 1 aromatic carbocycles. The van der Waals surface area contributed by atoms with Gasteiger partial charge in [0, 0.05) is 6.20 Å². The molecule has 0 bridgehead atoms. The first-order valence-corrected chi connectivity index (χ1v) is 4.76. The van der Waals surface area contributed by atoms with Crippen LogP contribution in [-0.4, -0.2) is 0 Å². The van der Waals surface area contributed by atoms with Gasteiger partial charge in [0.15, 0.2) is 0 Å². The number of nitrogens with zero attached hydrogens (tertiary/aromatic N) is 2. The summed E-state index contributed by atoms with van der Waals surface area (Å²) in [5.74, 6) is -0.624. The van der Waals surface area contributed by atoms with Crippen molar-refractivity contribution >= 4 is 28.9 Å². The zero-order valence-corrected chi connectivity index (χ0v) is 9.27. The highest BCUT2D eigenvalue weighted by Crippen LogP contribution is 2.32. The molecule has 16 heavy (non-hydrogen) atoms. The summed E-state index contributed by atoms with van der Waals surface area (Å²) in [5.41, 5.74) is -0.271. The van der Waals surface area contributed by atoms with Crippen molar-refractivity contribution in [2.24, 2.45) is 0 Å². The minimum atomic E-state index is -0.624. The lowest BCUT2D eigenvalue weighted by Crippen LogP contribution is -1.95. The van der Waals surface area contributed by atoms with Crippen molar-refractivity contribution in [1.82, 2.24) is 0 Å². The van der Waals surface area contributed by atoms with E-state index in [1.807, 2.05) is 0 Å². The molecule has 6 heteroatoms. The van der Waals surface area contributed by atoms with Crippen molar-refractivity contribution < 1.29 is 4.39 Å². The fourth-order valence-corrected chi connectivity index (χ4v) is 1.26. The second-order valence-electron chi connectivity index (χ2n) is 2.64. The van der Waals surface area contributed by atoms with Crippen LogP contribution < -0.4 is 5.32 Å². The monoisotopic (exact) mass is 255 g/mol. The van der Waals surface area contributed by atoms with E-state index in [2.05, 4.69) is 5.32 Å². The topological polar surface area (TPSA) is 59.6 Å². The van der Waals surface area contributed by atoms with Crippen molar-refractivity contribution in [2.75, 3.05) is 5.32 Å². The number of anilines is 1. The number of nitrogens with one attached hydrogen (secondary N) is 1. The van der Waals surface area contributed by atoms with Gasteiger partial charge in [-0.2, -0.15) is 10.5 Å². The van der Waals surface area contributed by atoms with Gasteiger partial charge in [0.25, 0.3) is 0 Å². The Morgan fingerprint density at radius 1 is 1.31 bits per heavy atom. The number of halogens is 3. The number of benzene rings is 1. The first-order valence-electron chi connectivity index (χ1n) is 4.00. The third-order valence-electron chi connectivity index (χ3n) is 1.65. The van der Waals surface area contributed by atoms with E-state index in [9.17, 15) is 4.39 Å². The molecule has 0 aromatic heterocycles. The molecule has 0 saturated carbocycles. The van der Waals surface area contributed by atoms with E-state index in [1.54, 1.807) is 12.1 Å². The molecule has 0 amide bonds. The van der Waals surface area contributed by atoms with E-state index >= 15 is 0 Å². The SMILES string of the molecule is N#CC(C#N)=CNc1c(F)ccc(Cl)c1Cl. The molecule has 1 aromatic rings. The maximum atomic E-state index is 13.3. The summed E-state index contributed by atoms with van der Waals surface area (Å²) in [7, 11) is 0. The predicted octanol–water partition coefficient (Wildman–Crippen LogP) is 3.48. The summed E-state index contributed by atoms with van der Waals surface area (Å²) in [6.07, 6.45) is 1.06. The molecule has 0 aliphatic rings. The van der Waals surface area contributed by atoms with Crippen LogP contribution in [0.4, 0.5) is 10.1 Å². The summed E-state index contributed by atoms with van der Waals surface area (Å²) in [6.45, 7) is 0. The molecular weight excluding hydrogens is 252 g/mol. The van der Waals surface area contributed by atoms with Gasteiger partial charge in [0.05, 0.1) is 15.7 Å². The van der Waals surface area contributed by atoms with Crippen LogP contribution in [0.25, 0.3) is 0 Å². The van der Waals surface area contributed by atoms with Crippen LogP contribution in [0.2, 0.25) is 10.0 Å². The summed E-state index contributed by atoms with van der Waals surface area (Å²) < 4.78 is 13.3. The van der Waals surface area contributed by atoms with Crippen molar-refractivity contribution in [3.63, 3.8) is 0 Å². The van der Waals surface area contributed by atoms with Crippen LogP contribution in [-0.2, 0) is 0 Å². The first kappa shape index (κ1) is 12.3. The lowest BCUT2D eigenvalue weighted by Gasteiger charge is -2.06. The number of nitriles is 2. The van der Waals surface area contributed by atoms with E-state index in [0.717, 1.165) is 12.3 Å². The van der Waals surface area contributed by atoms with Gasteiger partial charge in [-0.3, -0.25) is 0 Å². The maximum absolute atomic E-state index is 13.3. The Labute approximate surface area is 101 Å². The molecule has 0 fully saturated rings. The fraction of sp³-hybridized carbons (Fsp3) is 0. The van der Waals surface area contributed by atoms with E-state index in [-0.39, 0.29) is 21.3 Å². The highest BCUT2D eigenvalue weighted by molar-refractivity contribution is 6.43. The molecule has 0 spiro atoms. The normalized spacial score (nSPS) is 8.81. The molecule has 0 heterocycles. The van der Waals surface area contributed by atoms with E-state index < -0.39 is 5.82 Å². The van der Waals surface area contributed by atoms with Crippen molar-refractivity contribution in [2.45, 2.75) is 0 Å². The summed E-state index contributed by atoms with van der Waals surface area (Å²) >= 11 is 11.4. The number of hydrogen-bond acceptors (Lipinski definition) is 3. The zero-order valence-electron chi connectivity index (χ0n) is 7.76. The smallest absolute Gasteiger partial charge is 0.148 e. The molecule has 1 rings (SSSR count). The summed E-state index contributed by atoms with van der Waals surface area (Å²) in [4.78, 5) is 0. The second kappa shape index (κ2) is 5.37. The molecule has 3 nitrogen and oxygen atoms in total. The van der Waals surface area contributed by atoms with Crippen LogP contribution in [0, 0.1) is 28.5 Å². The Kier molecular flexibility index (Phi) is 4.13. The molecule has 80 valence electrons. The average molecular weight is 256 g/mol. The Hall–Kier alpha value is -1.75. The number of rotatable bonds is 2. The van der Waals surface area contributed by atoms with Crippen LogP contribution in [0.3, 0.4) is 0 Å². The van der Waals surface area contributed by atoms with Gasteiger partial charge in [-0.05, 0) is 12.1 Å². The van der Waals surface area contributed by atoms with Gasteiger partial charge in [0.2, 0.25) is 0 Å². The van der Waals surface area contributed by atoms with Crippen LogP contribution in [0.1, 0.15) is 0 Å². The van der Waals surface area contributed by atoms with Gasteiger partial charge >= 0.3 is 0 Å². The summed E-state index contributed by atoms with van der Waals surface area (Å²) in [5, 5.41) is 19.5. The van der Waals surface area contributed by atoms with Crippen LogP contribution in [0.5, 0.6) is 0 Å². The fourth-order valence-electron chi connectivity index (χ4n) is 0.893. The first-order chi connectivity index (χ1) is 7.60. The Balaban J connectivity index is 3.09. The average Bonchev–Trinajstić information content (AvgIpc) is 2.29. The highest BCUT2D eigenvalue weighted by atomic mass is 35.5. The van der Waals surface area contributed by atoms with Crippen LogP contribution >= 0.6 is 23.2 Å². The molecular formula is C10H4Cl2FN3. The predicted molar refractivity (Wildman–Crippen MR) is 59.4 cm³/mol. The number of allylic oxidation sites excluding steroid dienone is 1. The maximum Gasteiger partial charge on any atom is 0.148 e. The number of hydrogen-bond donors (Lipinski definition) is 1. The molecule has 0 aliphatic carbocycles. The Bertz CT molecular complexity index is 510. The Morgan fingerprint density at radius 2 is 1.94 bits per heavy atom. The quantitative estimate of drug-likeness (QED) is 0.650. The highest BCUT2D eigenvalue weighted by Gasteiger charge is 2.09. The standard InChI is InChI=1S/C10H4Cl2FN3/c11-7-1-2-8(13)10(9(7)12)16-5-6(3-14)4-15/h1-2,5,16H. The van der Waals surface area contributed by atoms with E-state index in [0.29, 0.717) is 0 Å². The van der Waals surface area contributed by atoms with E-state index in [4.69, 9.17) is 33.7 Å². The lowest BCUT2D eigenvalue weighted by molar-refractivity contribution is 0.632. The zero-order chi connectivity index (χ0) is 12.1. The minimum absolute atomic E-state index is 0.00635. The minimum Gasteiger partial charge on any atom is -0.356 e. The van der Waals surface area contributed by atoms with Crippen molar-refractivity contribution in [1.29, 1.82) is 10.5 Å². The molecule has 0 aliphatic heterocycles. The molecule has 0 saturated heterocycles. The van der Waals surface area contributed by atoms with Gasteiger partial charge in [0.1, 0.15) is 23.5 Å².